The van der Waals surface area contributed by atoms with E-state index in [0.29, 0.717) is 11.5 Å². The lowest BCUT2D eigenvalue weighted by atomic mass is 10.2. The Balaban J connectivity index is 2.01. The van der Waals surface area contributed by atoms with Crippen molar-refractivity contribution in [3.05, 3.63) is 59.9 Å². The second-order valence-corrected chi connectivity index (χ2v) is 4.33. The summed E-state index contributed by atoms with van der Waals surface area (Å²) in [5.41, 5.74) is 0.719. The molecule has 110 valence electrons. The van der Waals surface area contributed by atoms with Crippen molar-refractivity contribution in [2.45, 2.75) is 6.61 Å². The molecule has 0 saturated carbocycles. The molecule has 2 aromatic rings. The zero-order valence-electron chi connectivity index (χ0n) is 11.6. The quantitative estimate of drug-likeness (QED) is 0.889. The fraction of sp³-hybridized carbons (Fsp3) is 0.188. The minimum absolute atomic E-state index is 0.0865. The van der Waals surface area contributed by atoms with E-state index >= 15 is 0 Å². The highest BCUT2D eigenvalue weighted by Gasteiger charge is 2.07. The number of amides is 1. The van der Waals surface area contributed by atoms with E-state index in [2.05, 4.69) is 5.32 Å². The van der Waals surface area contributed by atoms with Gasteiger partial charge in [-0.05, 0) is 29.8 Å². The van der Waals surface area contributed by atoms with Crippen LogP contribution >= 0.6 is 0 Å². The van der Waals surface area contributed by atoms with E-state index in [-0.39, 0.29) is 24.9 Å². The standard InChI is InChI=1S/C16H16FNO3/c1-18-16(19)11-21-15-8-3-2-7-14(15)20-10-12-5-4-6-13(17)9-12/h2-9H,10-11H2,1H3,(H,18,19). The molecule has 0 radical (unpaired) electrons. The Labute approximate surface area is 122 Å². The third-order valence-electron chi connectivity index (χ3n) is 2.77. The number of hydrogen-bond donors (Lipinski definition) is 1. The van der Waals surface area contributed by atoms with Crippen molar-refractivity contribution in [3.8, 4) is 11.5 Å². The van der Waals surface area contributed by atoms with Crippen LogP contribution in [0.3, 0.4) is 0 Å². The molecule has 0 unspecified atom stereocenters. The van der Waals surface area contributed by atoms with Crippen molar-refractivity contribution >= 4 is 5.91 Å². The number of hydrogen-bond acceptors (Lipinski definition) is 3. The Hall–Kier alpha value is -2.56. The first kappa shape index (κ1) is 14.8. The number of halogens is 1. The molecule has 0 aliphatic rings. The van der Waals surface area contributed by atoms with Gasteiger partial charge >= 0.3 is 0 Å². The second kappa shape index (κ2) is 7.28. The number of likely N-dealkylation sites (N-methyl/N-ethyl adjacent to an activating group) is 1. The minimum Gasteiger partial charge on any atom is -0.485 e. The van der Waals surface area contributed by atoms with Gasteiger partial charge in [-0.25, -0.2) is 4.39 Å². The third kappa shape index (κ3) is 4.49. The molecule has 2 aromatic carbocycles. The smallest absolute Gasteiger partial charge is 0.257 e. The van der Waals surface area contributed by atoms with Crippen LogP contribution in [0.1, 0.15) is 5.56 Å². The van der Waals surface area contributed by atoms with E-state index in [4.69, 9.17) is 9.47 Å². The van der Waals surface area contributed by atoms with Crippen LogP contribution in [0.25, 0.3) is 0 Å². The Morgan fingerprint density at radius 2 is 1.81 bits per heavy atom. The summed E-state index contributed by atoms with van der Waals surface area (Å²) in [5, 5.41) is 2.47. The summed E-state index contributed by atoms with van der Waals surface area (Å²) in [6.45, 7) is 0.134. The molecular weight excluding hydrogens is 273 g/mol. The molecule has 0 atom stereocenters. The Morgan fingerprint density at radius 1 is 1.10 bits per heavy atom. The van der Waals surface area contributed by atoms with E-state index in [9.17, 15) is 9.18 Å². The summed E-state index contributed by atoms with van der Waals surface area (Å²) in [7, 11) is 1.54. The maximum Gasteiger partial charge on any atom is 0.257 e. The van der Waals surface area contributed by atoms with Gasteiger partial charge in [-0.2, -0.15) is 0 Å². The second-order valence-electron chi connectivity index (χ2n) is 4.33. The van der Waals surface area contributed by atoms with Crippen LogP contribution in [-0.2, 0) is 11.4 Å². The average molecular weight is 289 g/mol. The molecule has 0 aromatic heterocycles. The van der Waals surface area contributed by atoms with E-state index in [1.807, 2.05) is 0 Å². The van der Waals surface area contributed by atoms with Gasteiger partial charge in [0.1, 0.15) is 12.4 Å². The third-order valence-corrected chi connectivity index (χ3v) is 2.77. The fourth-order valence-electron chi connectivity index (χ4n) is 1.69. The molecule has 0 aliphatic heterocycles. The molecule has 0 heterocycles. The molecule has 5 heteroatoms. The molecule has 0 aliphatic carbocycles. The normalized spacial score (nSPS) is 10.0. The number of carbonyl (C=O) groups excluding carboxylic acids is 1. The summed E-state index contributed by atoms with van der Waals surface area (Å²) in [5.74, 6) is 0.443. The summed E-state index contributed by atoms with van der Waals surface area (Å²) in [6.07, 6.45) is 0. The molecular formula is C16H16FNO3. The van der Waals surface area contributed by atoms with Crippen LogP contribution < -0.4 is 14.8 Å². The highest BCUT2D eigenvalue weighted by molar-refractivity contribution is 5.77. The summed E-state index contributed by atoms with van der Waals surface area (Å²) < 4.78 is 24.1. The van der Waals surface area contributed by atoms with Gasteiger partial charge in [0.05, 0.1) is 0 Å². The largest absolute Gasteiger partial charge is 0.485 e. The van der Waals surface area contributed by atoms with Crippen molar-refractivity contribution in [2.75, 3.05) is 13.7 Å². The van der Waals surface area contributed by atoms with Gasteiger partial charge in [0.15, 0.2) is 18.1 Å². The van der Waals surface area contributed by atoms with Crippen molar-refractivity contribution in [2.24, 2.45) is 0 Å². The minimum atomic E-state index is -0.305. The van der Waals surface area contributed by atoms with Crippen molar-refractivity contribution in [1.82, 2.24) is 5.32 Å². The van der Waals surface area contributed by atoms with E-state index in [0.717, 1.165) is 5.56 Å². The predicted molar refractivity (Wildman–Crippen MR) is 76.7 cm³/mol. The zero-order chi connectivity index (χ0) is 15.1. The zero-order valence-corrected chi connectivity index (χ0v) is 11.6. The van der Waals surface area contributed by atoms with Crippen LogP contribution in [0.2, 0.25) is 0 Å². The first-order valence-electron chi connectivity index (χ1n) is 6.48. The number of carbonyl (C=O) groups is 1. The van der Waals surface area contributed by atoms with Gasteiger partial charge in [-0.3, -0.25) is 4.79 Å². The van der Waals surface area contributed by atoms with Gasteiger partial charge in [-0.15, -0.1) is 0 Å². The van der Waals surface area contributed by atoms with Gasteiger partial charge < -0.3 is 14.8 Å². The number of para-hydroxylation sites is 2. The van der Waals surface area contributed by atoms with E-state index in [1.165, 1.54) is 19.2 Å². The monoisotopic (exact) mass is 289 g/mol. The van der Waals surface area contributed by atoms with Gasteiger partial charge in [-0.1, -0.05) is 24.3 Å². The first-order chi connectivity index (χ1) is 10.2. The molecule has 0 bridgehead atoms. The molecule has 0 spiro atoms. The summed E-state index contributed by atoms with van der Waals surface area (Å²) in [6, 6.07) is 13.2. The lowest BCUT2D eigenvalue weighted by molar-refractivity contribution is -0.122. The van der Waals surface area contributed by atoms with Crippen LogP contribution in [0, 0.1) is 5.82 Å². The Kier molecular flexibility index (Phi) is 5.15. The Morgan fingerprint density at radius 3 is 2.48 bits per heavy atom. The van der Waals surface area contributed by atoms with Gasteiger partial charge in [0.25, 0.3) is 5.91 Å². The summed E-state index contributed by atoms with van der Waals surface area (Å²) >= 11 is 0. The SMILES string of the molecule is CNC(=O)COc1ccccc1OCc1cccc(F)c1. The highest BCUT2D eigenvalue weighted by Crippen LogP contribution is 2.27. The number of rotatable bonds is 6. The molecule has 1 amide bonds. The maximum absolute atomic E-state index is 13.1. The average Bonchev–Trinajstić information content (AvgIpc) is 2.51. The molecule has 0 saturated heterocycles. The van der Waals surface area contributed by atoms with Gasteiger partial charge in [0, 0.05) is 7.05 Å². The van der Waals surface area contributed by atoms with E-state index in [1.54, 1.807) is 36.4 Å². The molecule has 4 nitrogen and oxygen atoms in total. The van der Waals surface area contributed by atoms with Crippen molar-refractivity contribution in [1.29, 1.82) is 0 Å². The Bertz CT molecular complexity index is 616. The lowest BCUT2D eigenvalue weighted by Gasteiger charge is -2.12. The number of benzene rings is 2. The van der Waals surface area contributed by atoms with Crippen molar-refractivity contribution in [3.63, 3.8) is 0 Å². The topological polar surface area (TPSA) is 47.6 Å². The summed E-state index contributed by atoms with van der Waals surface area (Å²) in [4.78, 5) is 11.2. The van der Waals surface area contributed by atoms with Crippen LogP contribution in [0.4, 0.5) is 4.39 Å². The van der Waals surface area contributed by atoms with Crippen LogP contribution in [0.5, 0.6) is 11.5 Å². The van der Waals surface area contributed by atoms with Crippen molar-refractivity contribution < 1.29 is 18.7 Å². The first-order valence-corrected chi connectivity index (χ1v) is 6.48. The van der Waals surface area contributed by atoms with E-state index < -0.39 is 0 Å². The highest BCUT2D eigenvalue weighted by atomic mass is 19.1. The lowest BCUT2D eigenvalue weighted by Crippen LogP contribution is -2.24. The maximum atomic E-state index is 13.1. The van der Waals surface area contributed by atoms with Crippen LogP contribution in [0.15, 0.2) is 48.5 Å². The number of nitrogens with one attached hydrogen (secondary N) is 1. The molecule has 1 N–H and O–H groups in total. The van der Waals surface area contributed by atoms with Gasteiger partial charge in [0.2, 0.25) is 0 Å². The molecule has 2 rings (SSSR count). The predicted octanol–water partition coefficient (Wildman–Crippen LogP) is 2.53. The molecule has 21 heavy (non-hydrogen) atoms. The molecule has 0 fully saturated rings. The fourth-order valence-corrected chi connectivity index (χ4v) is 1.69. The van der Waals surface area contributed by atoms with Crippen LogP contribution in [-0.4, -0.2) is 19.6 Å². The number of ether oxygens (including phenoxy) is 2.